The number of nitrogens with zero attached hydrogens (tertiary/aromatic N) is 1. The Morgan fingerprint density at radius 1 is 1.02 bits per heavy atom. The normalized spacial score (nSPS) is 24.4. The fourth-order valence-electron chi connectivity index (χ4n) is 6.79. The highest BCUT2D eigenvalue weighted by atomic mass is 32.2. The van der Waals surface area contributed by atoms with Crippen LogP contribution in [0.2, 0.25) is 0 Å². The number of carbonyl (C=O) groups is 8. The lowest BCUT2D eigenvalue weighted by molar-refractivity contribution is -0.142. The average Bonchev–Trinajstić information content (AvgIpc) is 3.72. The number of aliphatic hydroxyl groups is 2. The molecule has 20 nitrogen and oxygen atoms in total. The largest absolute Gasteiger partial charge is 0.393 e. The van der Waals surface area contributed by atoms with Crippen molar-refractivity contribution in [1.29, 1.82) is 0 Å². The number of nitrogens with one attached hydrogen (secondary N) is 6. The Labute approximate surface area is 332 Å². The Morgan fingerprint density at radius 2 is 1.68 bits per heavy atom. The molecular formula is C36H52N10O10S. The first-order chi connectivity index (χ1) is 26.9. The van der Waals surface area contributed by atoms with Crippen molar-refractivity contribution in [2.75, 3.05) is 25.4 Å². The number of amides is 8. The first kappa shape index (κ1) is 44.5. The van der Waals surface area contributed by atoms with E-state index in [-0.39, 0.29) is 31.6 Å². The summed E-state index contributed by atoms with van der Waals surface area (Å²) < 4.78 is 0. The number of β-amino-alcohol motifs (C(OH)–C–C–N with tert-alkyl or cyclic N) is 1. The lowest BCUT2D eigenvalue weighted by Crippen LogP contribution is -2.58. The molecule has 2 aliphatic rings. The summed E-state index contributed by atoms with van der Waals surface area (Å²) in [6.45, 7) is 3.73. The summed E-state index contributed by atoms with van der Waals surface area (Å²) in [4.78, 5) is 109. The van der Waals surface area contributed by atoms with Gasteiger partial charge in [-0.25, -0.2) is 0 Å². The number of aliphatic hydroxyl groups excluding tert-OH is 2. The Kier molecular flexibility index (Phi) is 15.4. The number of benzene rings is 1. The van der Waals surface area contributed by atoms with Crippen molar-refractivity contribution >= 4 is 69.9 Å². The van der Waals surface area contributed by atoms with Crippen LogP contribution in [0.1, 0.15) is 51.2 Å². The number of fused-ring (bicyclic) bond motifs is 3. The Balaban J connectivity index is 1.74. The Hall–Kier alpha value is -5.25. The van der Waals surface area contributed by atoms with E-state index < -0.39 is 115 Å². The highest BCUT2D eigenvalue weighted by Crippen LogP contribution is 2.34. The molecule has 0 saturated carbocycles. The third-order valence-corrected chi connectivity index (χ3v) is 11.0. The van der Waals surface area contributed by atoms with Crippen LogP contribution in [0.4, 0.5) is 0 Å². The van der Waals surface area contributed by atoms with E-state index in [9.17, 15) is 48.6 Å². The van der Waals surface area contributed by atoms with E-state index in [2.05, 4.69) is 31.6 Å². The van der Waals surface area contributed by atoms with Crippen LogP contribution < -0.4 is 43.8 Å². The van der Waals surface area contributed by atoms with Crippen LogP contribution in [0.5, 0.6) is 0 Å². The maximum atomic E-state index is 14.0. The maximum absolute atomic E-state index is 14.0. The van der Waals surface area contributed by atoms with Gasteiger partial charge in [0.2, 0.25) is 47.3 Å². The van der Waals surface area contributed by atoms with Gasteiger partial charge in [0.15, 0.2) is 0 Å². The van der Waals surface area contributed by atoms with E-state index >= 15 is 0 Å². The number of hydrogen-bond donors (Lipinski definition) is 11. The molecule has 2 aliphatic heterocycles. The molecule has 0 aliphatic carbocycles. The van der Waals surface area contributed by atoms with Gasteiger partial charge in [-0.1, -0.05) is 32.4 Å². The van der Waals surface area contributed by atoms with Crippen molar-refractivity contribution in [2.45, 2.75) is 100 Å². The number of rotatable bonds is 10. The molecule has 0 bridgehead atoms. The van der Waals surface area contributed by atoms with Crippen LogP contribution in [0.15, 0.2) is 23.2 Å². The van der Waals surface area contributed by atoms with Crippen LogP contribution in [0.25, 0.3) is 10.9 Å². The van der Waals surface area contributed by atoms with Gasteiger partial charge in [-0.15, -0.1) is 11.8 Å². The fraction of sp³-hybridized carbons (Fsp3) is 0.556. The van der Waals surface area contributed by atoms with Crippen molar-refractivity contribution in [3.8, 4) is 0 Å². The zero-order valence-corrected chi connectivity index (χ0v) is 32.8. The van der Waals surface area contributed by atoms with E-state index in [4.69, 9.17) is 17.2 Å². The van der Waals surface area contributed by atoms with Crippen LogP contribution in [-0.4, -0.2) is 135 Å². The summed E-state index contributed by atoms with van der Waals surface area (Å²) in [6.07, 6.45) is -2.03. The molecule has 4 rings (SSSR count). The summed E-state index contributed by atoms with van der Waals surface area (Å²) in [5.74, 6) is -7.20. The van der Waals surface area contributed by atoms with Crippen molar-refractivity contribution in [1.82, 2.24) is 36.5 Å². The first-order valence-electron chi connectivity index (χ1n) is 18.6. The molecule has 21 heteroatoms. The number of aromatic nitrogens is 1. The van der Waals surface area contributed by atoms with Crippen LogP contribution in [0, 0.1) is 5.92 Å². The highest BCUT2D eigenvalue weighted by molar-refractivity contribution is 7.99. The third kappa shape index (κ3) is 11.6. The molecule has 1 saturated heterocycles. The van der Waals surface area contributed by atoms with E-state index in [1.54, 1.807) is 32.9 Å². The minimum atomic E-state index is -1.63. The number of carbonyl (C=O) groups excluding carboxylic acids is 8. The minimum absolute atomic E-state index is 0.0639. The lowest BCUT2D eigenvalue weighted by Gasteiger charge is -2.28. The number of likely N-dealkylation sites (tertiary alicyclic amines) is 1. The van der Waals surface area contributed by atoms with Gasteiger partial charge >= 0.3 is 0 Å². The van der Waals surface area contributed by atoms with Gasteiger partial charge in [-0.05, 0) is 42.9 Å². The molecule has 14 N–H and O–H groups in total. The van der Waals surface area contributed by atoms with Crippen molar-refractivity contribution < 1.29 is 48.6 Å². The van der Waals surface area contributed by atoms with E-state index in [1.807, 2.05) is 6.07 Å². The van der Waals surface area contributed by atoms with E-state index in [0.717, 1.165) is 22.2 Å². The highest BCUT2D eigenvalue weighted by Gasteiger charge is 2.41. The molecule has 0 spiro atoms. The van der Waals surface area contributed by atoms with E-state index in [1.165, 1.54) is 0 Å². The summed E-state index contributed by atoms with van der Waals surface area (Å²) in [6, 6.07) is -1.21. The summed E-state index contributed by atoms with van der Waals surface area (Å²) in [5, 5.41) is 34.2. The van der Waals surface area contributed by atoms with Crippen LogP contribution >= 0.6 is 11.8 Å². The second kappa shape index (κ2) is 19.7. The van der Waals surface area contributed by atoms with Crippen molar-refractivity contribution in [2.24, 2.45) is 23.1 Å². The number of H-pyrrole nitrogens is 1. The smallest absolute Gasteiger partial charge is 0.246 e. The van der Waals surface area contributed by atoms with Gasteiger partial charge in [0.05, 0.1) is 42.8 Å². The average molecular weight is 817 g/mol. The molecule has 312 valence electrons. The van der Waals surface area contributed by atoms with Crippen LogP contribution in [-0.2, 0) is 51.2 Å². The molecule has 1 aromatic carbocycles. The predicted molar refractivity (Wildman–Crippen MR) is 206 cm³/mol. The topological polar surface area (TPSA) is 334 Å². The quantitative estimate of drug-likeness (QED) is 0.110. The molecular weight excluding hydrogens is 765 g/mol. The standard InChI is InChI=1S/C36H52N10O10S/c1-4-16(2)30-34(55)41-12-27(50)42-24(33(54)43-23(11-26(38)49)36(56)46-14-19(48)9-25(46)31(39)52)15-57-35-20(10-21(37)32(53)40-13-28(51)45-30)29-18(8-17(3)47)6-5-7-22(29)44-35/h5-7,16-17,19,21,23-25,30,44,47-48H,4,8-15,37H2,1-3H3,(H2,38,49)(H2,39,52)(H,40,53)(H,41,55)(H,42,50)(H,43,54)(H,45,51)/t16-,17?,19+,21?,23-,24-,25-,30-/m0/s1. The third-order valence-electron chi connectivity index (χ3n) is 9.87. The fourth-order valence-corrected chi connectivity index (χ4v) is 7.90. The van der Waals surface area contributed by atoms with Crippen molar-refractivity contribution in [3.63, 3.8) is 0 Å². The SMILES string of the molecule is CC[C@H](C)[C@@H]1NC(=O)CNC(=O)C(N)Cc2c([nH]c3cccc(CC(C)O)c23)SC[C@@H](C(=O)N[C@@H](CC(N)=O)C(=O)N2C[C@H](O)C[C@H]2C(N)=O)NC(=O)CNC1=O. The Bertz CT molecular complexity index is 1870. The molecule has 8 atom stereocenters. The molecule has 2 aromatic rings. The predicted octanol–water partition coefficient (Wildman–Crippen LogP) is -3.88. The molecule has 8 amide bonds. The molecule has 57 heavy (non-hydrogen) atoms. The molecule has 1 aromatic heterocycles. The number of nitrogens with two attached hydrogens (primary N) is 3. The molecule has 1 fully saturated rings. The number of aromatic amines is 1. The number of hydrogen-bond acceptors (Lipinski definition) is 12. The zero-order chi connectivity index (χ0) is 42.1. The Morgan fingerprint density at radius 3 is 2.32 bits per heavy atom. The molecule has 0 radical (unpaired) electrons. The van der Waals surface area contributed by atoms with Crippen molar-refractivity contribution in [3.05, 3.63) is 29.3 Å². The summed E-state index contributed by atoms with van der Waals surface area (Å²) in [7, 11) is 0. The molecule has 3 heterocycles. The van der Waals surface area contributed by atoms with Gasteiger partial charge in [0.25, 0.3) is 0 Å². The summed E-state index contributed by atoms with van der Waals surface area (Å²) in [5.41, 5.74) is 19.2. The first-order valence-corrected chi connectivity index (χ1v) is 19.6. The summed E-state index contributed by atoms with van der Waals surface area (Å²) >= 11 is 1.06. The van der Waals surface area contributed by atoms with Gasteiger partial charge in [-0.3, -0.25) is 38.4 Å². The zero-order valence-electron chi connectivity index (χ0n) is 32.0. The second-order valence-electron chi connectivity index (χ2n) is 14.5. The number of thioether (sulfide) groups is 1. The minimum Gasteiger partial charge on any atom is -0.393 e. The molecule has 2 unspecified atom stereocenters. The number of primary amides is 2. The van der Waals surface area contributed by atoms with Gasteiger partial charge < -0.3 is 63.9 Å². The van der Waals surface area contributed by atoms with Crippen LogP contribution in [0.3, 0.4) is 0 Å². The van der Waals surface area contributed by atoms with Gasteiger partial charge in [0.1, 0.15) is 24.2 Å². The van der Waals surface area contributed by atoms with Gasteiger partial charge in [-0.2, -0.15) is 0 Å². The maximum Gasteiger partial charge on any atom is 0.246 e. The monoisotopic (exact) mass is 816 g/mol. The van der Waals surface area contributed by atoms with Gasteiger partial charge in [0, 0.05) is 29.6 Å². The second-order valence-corrected chi connectivity index (χ2v) is 15.5. The van der Waals surface area contributed by atoms with E-state index in [0.29, 0.717) is 27.9 Å². The lowest BCUT2D eigenvalue weighted by atomic mass is 9.98.